The van der Waals surface area contributed by atoms with Crippen LogP contribution in [-0.2, 0) is 0 Å². The van der Waals surface area contributed by atoms with Gasteiger partial charge in [0, 0.05) is 16.6 Å². The van der Waals surface area contributed by atoms with Crippen LogP contribution in [0.2, 0.25) is 0 Å². The Balaban J connectivity index is 1.84. The largest absolute Gasteiger partial charge is 0.387 e. The summed E-state index contributed by atoms with van der Waals surface area (Å²) >= 11 is 1.79. The van der Waals surface area contributed by atoms with Gasteiger partial charge in [-0.15, -0.1) is 0 Å². The van der Waals surface area contributed by atoms with E-state index in [1.165, 1.54) is 38.2 Å². The number of hydrogen-bond acceptors (Lipinski definition) is 2. The molecule has 1 fully saturated rings. The van der Waals surface area contributed by atoms with E-state index in [-0.39, 0.29) is 5.82 Å². The molecule has 0 aromatic heterocycles. The topological polar surface area (TPSA) is 20.2 Å². The lowest BCUT2D eigenvalue weighted by Gasteiger charge is -2.22. The molecule has 0 bridgehead atoms. The van der Waals surface area contributed by atoms with E-state index in [1.807, 2.05) is 0 Å². The minimum Gasteiger partial charge on any atom is -0.387 e. The van der Waals surface area contributed by atoms with Crippen LogP contribution in [-0.4, -0.2) is 16.1 Å². The molecule has 1 unspecified atom stereocenters. The molecule has 1 atom stereocenters. The summed E-state index contributed by atoms with van der Waals surface area (Å²) < 4.78 is 13.4. The third kappa shape index (κ3) is 3.71. The Bertz CT molecular complexity index is 350. The summed E-state index contributed by atoms with van der Waals surface area (Å²) in [6.45, 7) is 0. The Morgan fingerprint density at radius 2 is 1.94 bits per heavy atom. The number of benzene rings is 1. The van der Waals surface area contributed by atoms with E-state index in [9.17, 15) is 9.50 Å². The molecule has 1 aromatic carbocycles. The molecule has 1 nitrogen and oxygen atoms in total. The van der Waals surface area contributed by atoms with Crippen LogP contribution in [0.5, 0.6) is 0 Å². The van der Waals surface area contributed by atoms with E-state index in [4.69, 9.17) is 0 Å². The van der Waals surface area contributed by atoms with Crippen LogP contribution in [0.15, 0.2) is 24.3 Å². The summed E-state index contributed by atoms with van der Waals surface area (Å²) in [5, 5.41) is 10.6. The zero-order valence-corrected chi connectivity index (χ0v) is 10.8. The lowest BCUT2D eigenvalue weighted by molar-refractivity contribution is 0.198. The maximum Gasteiger partial charge on any atom is 0.129 e. The van der Waals surface area contributed by atoms with Crippen LogP contribution >= 0.6 is 11.8 Å². The fraction of sp³-hybridized carbons (Fsp3) is 0.571. The first-order chi connectivity index (χ1) is 8.27. The van der Waals surface area contributed by atoms with Crippen molar-refractivity contribution >= 4 is 11.8 Å². The first-order valence-corrected chi connectivity index (χ1v) is 7.36. The Morgan fingerprint density at radius 1 is 1.24 bits per heavy atom. The van der Waals surface area contributed by atoms with E-state index in [0.717, 1.165) is 0 Å². The van der Waals surface area contributed by atoms with Gasteiger partial charge in [0.2, 0.25) is 0 Å². The molecule has 0 heterocycles. The SMILES string of the molecule is OC(CSC1CCCCC1)c1ccccc1F. The van der Waals surface area contributed by atoms with E-state index in [2.05, 4.69) is 0 Å². The van der Waals surface area contributed by atoms with Gasteiger partial charge in [-0.05, 0) is 18.9 Å². The minimum atomic E-state index is -0.678. The maximum absolute atomic E-state index is 13.4. The van der Waals surface area contributed by atoms with Gasteiger partial charge in [0.15, 0.2) is 0 Å². The van der Waals surface area contributed by atoms with Crippen LogP contribution in [0.25, 0.3) is 0 Å². The van der Waals surface area contributed by atoms with Gasteiger partial charge in [-0.3, -0.25) is 0 Å². The molecule has 94 valence electrons. The molecule has 0 radical (unpaired) electrons. The predicted octanol–water partition coefficient (Wildman–Crippen LogP) is 3.93. The van der Waals surface area contributed by atoms with Crippen molar-refractivity contribution in [3.05, 3.63) is 35.6 Å². The minimum absolute atomic E-state index is 0.302. The third-order valence-electron chi connectivity index (χ3n) is 3.31. The smallest absolute Gasteiger partial charge is 0.129 e. The van der Waals surface area contributed by atoms with Crippen molar-refractivity contribution in [2.24, 2.45) is 0 Å². The van der Waals surface area contributed by atoms with E-state index in [0.29, 0.717) is 16.6 Å². The van der Waals surface area contributed by atoms with Gasteiger partial charge >= 0.3 is 0 Å². The molecule has 0 saturated heterocycles. The predicted molar refractivity (Wildman–Crippen MR) is 70.7 cm³/mol. The highest BCUT2D eigenvalue weighted by Gasteiger charge is 2.17. The molecule has 0 spiro atoms. The van der Waals surface area contributed by atoms with Gasteiger partial charge in [0.1, 0.15) is 5.82 Å². The van der Waals surface area contributed by atoms with Crippen molar-refractivity contribution in [2.75, 3.05) is 5.75 Å². The second kappa shape index (κ2) is 6.41. The molecule has 3 heteroatoms. The lowest BCUT2D eigenvalue weighted by atomic mass is 10.0. The highest BCUT2D eigenvalue weighted by molar-refractivity contribution is 7.99. The number of halogens is 1. The quantitative estimate of drug-likeness (QED) is 0.878. The fourth-order valence-electron chi connectivity index (χ4n) is 2.29. The number of rotatable bonds is 4. The van der Waals surface area contributed by atoms with Gasteiger partial charge in [0.05, 0.1) is 6.10 Å². The molecular formula is C14H19FOS. The van der Waals surface area contributed by atoms with Crippen molar-refractivity contribution in [3.8, 4) is 0 Å². The molecule has 1 aliphatic carbocycles. The molecule has 0 aliphatic heterocycles. The van der Waals surface area contributed by atoms with Crippen molar-refractivity contribution < 1.29 is 9.50 Å². The molecule has 1 saturated carbocycles. The van der Waals surface area contributed by atoms with Crippen LogP contribution in [0.1, 0.15) is 43.8 Å². The highest BCUT2D eigenvalue weighted by atomic mass is 32.2. The second-order valence-electron chi connectivity index (χ2n) is 4.63. The average Bonchev–Trinajstić information content (AvgIpc) is 2.38. The van der Waals surface area contributed by atoms with Crippen molar-refractivity contribution in [1.82, 2.24) is 0 Å². The number of aliphatic hydroxyl groups excluding tert-OH is 1. The molecular weight excluding hydrogens is 235 g/mol. The van der Waals surface area contributed by atoms with Crippen LogP contribution in [0, 0.1) is 5.82 Å². The van der Waals surface area contributed by atoms with Gasteiger partial charge < -0.3 is 5.11 Å². The zero-order valence-electron chi connectivity index (χ0n) is 9.94. The summed E-state index contributed by atoms with van der Waals surface area (Å²) in [7, 11) is 0. The van der Waals surface area contributed by atoms with E-state index in [1.54, 1.807) is 30.0 Å². The van der Waals surface area contributed by atoms with Crippen LogP contribution in [0.4, 0.5) is 4.39 Å². The first-order valence-electron chi connectivity index (χ1n) is 6.31. The Hall–Kier alpha value is -0.540. The Labute approximate surface area is 106 Å². The first kappa shape index (κ1) is 12.9. The monoisotopic (exact) mass is 254 g/mol. The number of aliphatic hydroxyl groups is 1. The van der Waals surface area contributed by atoms with E-state index < -0.39 is 6.10 Å². The van der Waals surface area contributed by atoms with Crippen molar-refractivity contribution in [1.29, 1.82) is 0 Å². The zero-order chi connectivity index (χ0) is 12.1. The van der Waals surface area contributed by atoms with Gasteiger partial charge in [-0.1, -0.05) is 37.5 Å². The lowest BCUT2D eigenvalue weighted by Crippen LogP contribution is -2.12. The summed E-state index contributed by atoms with van der Waals surface area (Å²) in [5.41, 5.74) is 0.427. The van der Waals surface area contributed by atoms with Gasteiger partial charge in [-0.2, -0.15) is 11.8 Å². The Morgan fingerprint density at radius 3 is 2.65 bits per heavy atom. The summed E-state index contributed by atoms with van der Waals surface area (Å²) in [4.78, 5) is 0. The standard InChI is InChI=1S/C14H19FOS/c15-13-9-5-4-8-12(13)14(16)10-17-11-6-2-1-3-7-11/h4-5,8-9,11,14,16H,1-3,6-7,10H2. The summed E-state index contributed by atoms with van der Waals surface area (Å²) in [6, 6.07) is 6.50. The third-order valence-corrected chi connectivity index (χ3v) is 4.76. The fourth-order valence-corrected chi connectivity index (χ4v) is 3.59. The molecule has 2 rings (SSSR count). The second-order valence-corrected chi connectivity index (χ2v) is 5.96. The van der Waals surface area contributed by atoms with Gasteiger partial charge in [0.25, 0.3) is 0 Å². The van der Waals surface area contributed by atoms with Crippen LogP contribution in [0.3, 0.4) is 0 Å². The Kier molecular flexibility index (Phi) is 4.86. The maximum atomic E-state index is 13.4. The molecule has 1 N–H and O–H groups in total. The van der Waals surface area contributed by atoms with Crippen LogP contribution < -0.4 is 0 Å². The number of thioether (sulfide) groups is 1. The molecule has 1 aromatic rings. The van der Waals surface area contributed by atoms with Gasteiger partial charge in [-0.25, -0.2) is 4.39 Å². The normalized spacial score (nSPS) is 19.2. The molecule has 1 aliphatic rings. The highest BCUT2D eigenvalue weighted by Crippen LogP contribution is 2.31. The van der Waals surface area contributed by atoms with E-state index >= 15 is 0 Å². The summed E-state index contributed by atoms with van der Waals surface area (Å²) in [6.07, 6.45) is 5.75. The van der Waals surface area contributed by atoms with Crippen molar-refractivity contribution in [2.45, 2.75) is 43.5 Å². The average molecular weight is 254 g/mol. The van der Waals surface area contributed by atoms with Crippen molar-refractivity contribution in [3.63, 3.8) is 0 Å². The molecule has 17 heavy (non-hydrogen) atoms. The number of hydrogen-bond donors (Lipinski definition) is 1. The summed E-state index contributed by atoms with van der Waals surface area (Å²) in [5.74, 6) is 0.301. The molecule has 0 amide bonds.